The van der Waals surface area contributed by atoms with E-state index >= 15 is 0 Å². The molecule has 2 aliphatic rings. The zero-order valence-electron chi connectivity index (χ0n) is 11.8. The molecule has 2 unspecified atom stereocenters. The minimum atomic E-state index is 0. The quantitative estimate of drug-likeness (QED) is 0.463. The molecule has 0 aromatic heterocycles. The molecule has 0 bridgehead atoms. The second-order valence-electron chi connectivity index (χ2n) is 6.30. The third-order valence-electron chi connectivity index (χ3n) is 5.12. The molecule has 0 radical (unpaired) electrons. The summed E-state index contributed by atoms with van der Waals surface area (Å²) in [6.45, 7) is 2.46. The fourth-order valence-corrected chi connectivity index (χ4v) is 3.98. The summed E-state index contributed by atoms with van der Waals surface area (Å²) in [5, 5.41) is 0. The normalized spacial score (nSPS) is 26.8. The molecule has 0 saturated carbocycles. The molecule has 2 aromatic rings. The maximum Gasteiger partial charge on any atom is 0.119 e. The van der Waals surface area contributed by atoms with Crippen LogP contribution in [-0.4, -0.2) is 18.1 Å². The van der Waals surface area contributed by atoms with E-state index in [1.165, 1.54) is 30.4 Å². The SMILES string of the molecule is C[N+]12CCc3ccccc3C1Cc1ccccc1C2.[I-]. The van der Waals surface area contributed by atoms with Gasteiger partial charge >= 0.3 is 0 Å². The zero-order chi connectivity index (χ0) is 12.9. The van der Waals surface area contributed by atoms with Crippen LogP contribution in [0.5, 0.6) is 0 Å². The first-order valence-corrected chi connectivity index (χ1v) is 7.25. The standard InChI is InChI=1S/C18H20N.HI/c1-19-11-10-14-6-4-5-9-17(14)18(19)12-15-7-2-3-8-16(15)13-19;/h2-9,18H,10-13H2,1H3;1H/q+1;/p-1. The maximum absolute atomic E-state index is 2.44. The molecule has 2 atom stereocenters. The maximum atomic E-state index is 2.44. The predicted octanol–water partition coefficient (Wildman–Crippen LogP) is 0.491. The Bertz CT molecular complexity index is 637. The Morgan fingerprint density at radius 3 is 2.35 bits per heavy atom. The lowest BCUT2D eigenvalue weighted by Crippen LogP contribution is -3.00. The molecule has 2 heterocycles. The van der Waals surface area contributed by atoms with Crippen molar-refractivity contribution in [3.63, 3.8) is 0 Å². The molecule has 0 aliphatic carbocycles. The lowest BCUT2D eigenvalue weighted by Gasteiger charge is -2.48. The van der Waals surface area contributed by atoms with E-state index in [0.717, 1.165) is 0 Å². The summed E-state index contributed by atoms with van der Waals surface area (Å²) >= 11 is 0. The van der Waals surface area contributed by atoms with Crippen molar-refractivity contribution in [2.45, 2.75) is 25.4 Å². The van der Waals surface area contributed by atoms with E-state index in [9.17, 15) is 0 Å². The second-order valence-corrected chi connectivity index (χ2v) is 6.30. The highest BCUT2D eigenvalue weighted by Gasteiger charge is 2.42. The van der Waals surface area contributed by atoms with Crippen LogP contribution in [-0.2, 0) is 19.4 Å². The van der Waals surface area contributed by atoms with Crippen LogP contribution in [0.25, 0.3) is 0 Å². The van der Waals surface area contributed by atoms with Gasteiger partial charge in [-0.3, -0.25) is 0 Å². The average molecular weight is 377 g/mol. The van der Waals surface area contributed by atoms with Crippen molar-refractivity contribution in [2.75, 3.05) is 13.6 Å². The van der Waals surface area contributed by atoms with Crippen LogP contribution in [0, 0.1) is 0 Å². The van der Waals surface area contributed by atoms with Gasteiger partial charge in [-0.25, -0.2) is 0 Å². The summed E-state index contributed by atoms with van der Waals surface area (Å²) in [7, 11) is 2.44. The van der Waals surface area contributed by atoms with E-state index in [0.29, 0.717) is 6.04 Å². The van der Waals surface area contributed by atoms with Gasteiger partial charge in [-0.2, -0.15) is 0 Å². The fraction of sp³-hybridized carbons (Fsp3) is 0.333. The number of benzene rings is 2. The third-order valence-corrected chi connectivity index (χ3v) is 5.12. The number of likely N-dealkylation sites (N-methyl/N-ethyl adjacent to an activating group) is 1. The monoisotopic (exact) mass is 377 g/mol. The van der Waals surface area contributed by atoms with Gasteiger partial charge in [0.05, 0.1) is 13.6 Å². The molecule has 104 valence electrons. The number of halogens is 1. The largest absolute Gasteiger partial charge is 1.00 e. The van der Waals surface area contributed by atoms with Crippen LogP contribution in [0.1, 0.15) is 28.3 Å². The number of hydrogen-bond donors (Lipinski definition) is 0. The molecular weight excluding hydrogens is 357 g/mol. The highest BCUT2D eigenvalue weighted by molar-refractivity contribution is 5.36. The topological polar surface area (TPSA) is 0 Å². The zero-order valence-corrected chi connectivity index (χ0v) is 14.0. The van der Waals surface area contributed by atoms with Crippen LogP contribution < -0.4 is 24.0 Å². The first-order valence-electron chi connectivity index (χ1n) is 7.25. The van der Waals surface area contributed by atoms with E-state index in [-0.39, 0.29) is 24.0 Å². The number of nitrogens with zero attached hydrogens (tertiary/aromatic N) is 1. The Morgan fingerprint density at radius 2 is 1.55 bits per heavy atom. The molecule has 0 amide bonds. The minimum Gasteiger partial charge on any atom is -1.00 e. The second kappa shape index (κ2) is 5.15. The van der Waals surface area contributed by atoms with Gasteiger partial charge < -0.3 is 28.5 Å². The van der Waals surface area contributed by atoms with Crippen molar-refractivity contribution in [2.24, 2.45) is 0 Å². The number of hydrogen-bond acceptors (Lipinski definition) is 0. The number of fused-ring (bicyclic) bond motifs is 4. The third kappa shape index (κ3) is 2.09. The summed E-state index contributed by atoms with van der Waals surface area (Å²) in [4.78, 5) is 0. The Morgan fingerprint density at radius 1 is 0.900 bits per heavy atom. The molecule has 0 fully saturated rings. The van der Waals surface area contributed by atoms with Crippen LogP contribution in [0.4, 0.5) is 0 Å². The highest BCUT2D eigenvalue weighted by atomic mass is 127. The van der Waals surface area contributed by atoms with Crippen molar-refractivity contribution in [3.8, 4) is 0 Å². The van der Waals surface area contributed by atoms with Gasteiger partial charge in [-0.1, -0.05) is 48.5 Å². The smallest absolute Gasteiger partial charge is 0.119 e. The summed E-state index contributed by atoms with van der Waals surface area (Å²) in [6, 6.07) is 18.7. The van der Waals surface area contributed by atoms with E-state index in [4.69, 9.17) is 0 Å². The van der Waals surface area contributed by atoms with Crippen LogP contribution in [0.3, 0.4) is 0 Å². The Hall–Kier alpha value is -0.870. The minimum absolute atomic E-state index is 0. The summed E-state index contributed by atoms with van der Waals surface area (Å²) in [6.07, 6.45) is 2.43. The lowest BCUT2D eigenvalue weighted by molar-refractivity contribution is -0.956. The summed E-state index contributed by atoms with van der Waals surface area (Å²) < 4.78 is 1.19. The van der Waals surface area contributed by atoms with E-state index in [1.54, 1.807) is 22.3 Å². The van der Waals surface area contributed by atoms with Crippen molar-refractivity contribution in [1.29, 1.82) is 0 Å². The van der Waals surface area contributed by atoms with E-state index in [2.05, 4.69) is 55.6 Å². The van der Waals surface area contributed by atoms with Crippen molar-refractivity contribution >= 4 is 0 Å². The van der Waals surface area contributed by atoms with Gasteiger partial charge in [-0.05, 0) is 11.1 Å². The molecule has 2 heteroatoms. The van der Waals surface area contributed by atoms with E-state index in [1.807, 2.05) is 0 Å². The average Bonchev–Trinajstić information content (AvgIpc) is 2.45. The first kappa shape index (κ1) is 14.1. The first-order chi connectivity index (χ1) is 9.26. The summed E-state index contributed by atoms with van der Waals surface area (Å²) in [5.41, 5.74) is 6.27. The molecule has 2 aliphatic heterocycles. The number of quaternary nitrogens is 1. The predicted molar refractivity (Wildman–Crippen MR) is 77.8 cm³/mol. The molecular formula is C18H20IN. The molecule has 1 nitrogen and oxygen atoms in total. The van der Waals surface area contributed by atoms with E-state index < -0.39 is 0 Å². The van der Waals surface area contributed by atoms with Gasteiger partial charge in [0.25, 0.3) is 0 Å². The molecule has 0 spiro atoms. The van der Waals surface area contributed by atoms with Gasteiger partial charge in [-0.15, -0.1) is 0 Å². The fourth-order valence-electron chi connectivity index (χ4n) is 3.98. The van der Waals surface area contributed by atoms with Crippen LogP contribution in [0.2, 0.25) is 0 Å². The van der Waals surface area contributed by atoms with Gasteiger partial charge in [0.15, 0.2) is 0 Å². The Labute approximate surface area is 138 Å². The van der Waals surface area contributed by atoms with Crippen molar-refractivity contribution in [3.05, 3.63) is 70.8 Å². The van der Waals surface area contributed by atoms with Crippen molar-refractivity contribution in [1.82, 2.24) is 0 Å². The lowest BCUT2D eigenvalue weighted by atomic mass is 9.82. The van der Waals surface area contributed by atoms with Crippen molar-refractivity contribution < 1.29 is 28.5 Å². The molecule has 20 heavy (non-hydrogen) atoms. The summed E-state index contributed by atoms with van der Waals surface area (Å²) in [5.74, 6) is 0. The molecule has 4 rings (SSSR count). The number of rotatable bonds is 0. The highest BCUT2D eigenvalue weighted by Crippen LogP contribution is 2.42. The molecule has 0 N–H and O–H groups in total. The molecule has 0 saturated heterocycles. The Kier molecular flexibility index (Phi) is 3.63. The van der Waals surface area contributed by atoms with Gasteiger partial charge in [0, 0.05) is 24.0 Å². The van der Waals surface area contributed by atoms with Gasteiger partial charge in [0.2, 0.25) is 0 Å². The van der Waals surface area contributed by atoms with Gasteiger partial charge in [0.1, 0.15) is 12.6 Å². The Balaban J connectivity index is 0.00000121. The molecule has 2 aromatic carbocycles. The van der Waals surface area contributed by atoms with Crippen LogP contribution in [0.15, 0.2) is 48.5 Å². The van der Waals surface area contributed by atoms with Crippen LogP contribution >= 0.6 is 0 Å².